The molecule has 0 unspecified atom stereocenters. The summed E-state index contributed by atoms with van der Waals surface area (Å²) < 4.78 is 11.2. The first-order valence-electron chi connectivity index (χ1n) is 9.03. The summed E-state index contributed by atoms with van der Waals surface area (Å²) in [5.41, 5.74) is 3.35. The second kappa shape index (κ2) is 7.92. The van der Waals surface area contributed by atoms with Crippen molar-refractivity contribution >= 4 is 39.3 Å². The Morgan fingerprint density at radius 1 is 1.21 bits per heavy atom. The van der Waals surface area contributed by atoms with Gasteiger partial charge in [-0.2, -0.15) is 0 Å². The van der Waals surface area contributed by atoms with Crippen LogP contribution in [0.1, 0.15) is 23.8 Å². The summed E-state index contributed by atoms with van der Waals surface area (Å²) in [5, 5.41) is 8.74. The van der Waals surface area contributed by atoms with E-state index >= 15 is 0 Å². The van der Waals surface area contributed by atoms with E-state index in [0.29, 0.717) is 28.9 Å². The van der Waals surface area contributed by atoms with Gasteiger partial charge in [0.25, 0.3) is 0 Å². The first kappa shape index (κ1) is 18.9. The molecule has 0 saturated carbocycles. The third-order valence-electron chi connectivity index (χ3n) is 4.34. The van der Waals surface area contributed by atoms with Crippen LogP contribution in [0.25, 0.3) is 22.4 Å². The minimum Gasteiger partial charge on any atom is -0.464 e. The molecule has 0 spiro atoms. The molecule has 148 valence electrons. The van der Waals surface area contributed by atoms with Crippen molar-refractivity contribution in [1.82, 2.24) is 10.3 Å². The number of amides is 2. The van der Waals surface area contributed by atoms with E-state index in [4.69, 9.17) is 8.83 Å². The highest BCUT2D eigenvalue weighted by Crippen LogP contribution is 2.27. The van der Waals surface area contributed by atoms with Gasteiger partial charge in [0.1, 0.15) is 17.0 Å². The number of rotatable bonds is 6. The first-order valence-corrected chi connectivity index (χ1v) is 9.91. The lowest BCUT2D eigenvalue weighted by Gasteiger charge is -2.00. The molecule has 0 aliphatic heterocycles. The lowest BCUT2D eigenvalue weighted by atomic mass is 10.1. The molecular formula is C21H19N3O4S. The standard InChI is InChI=1S/C21H19N3O4S/c1-12-3-5-16-14(10-27-19(16)7-12)8-20(26)24-21-23-17(11-29-21)18-6-4-15(28-18)9-22-13(2)25/h3-7,10-11H,8-9H2,1-2H3,(H,22,25)(H,23,24,26). The molecule has 3 aromatic heterocycles. The number of nitrogens with one attached hydrogen (secondary N) is 2. The fourth-order valence-electron chi connectivity index (χ4n) is 2.93. The molecule has 0 atom stereocenters. The van der Waals surface area contributed by atoms with Crippen LogP contribution in [0.15, 0.2) is 50.8 Å². The molecule has 4 rings (SSSR count). The van der Waals surface area contributed by atoms with Gasteiger partial charge in [-0.05, 0) is 30.7 Å². The summed E-state index contributed by atoms with van der Waals surface area (Å²) in [6, 6.07) is 9.49. The lowest BCUT2D eigenvalue weighted by molar-refractivity contribution is -0.119. The van der Waals surface area contributed by atoms with Gasteiger partial charge in [0.2, 0.25) is 11.8 Å². The number of fused-ring (bicyclic) bond motifs is 1. The Labute approximate surface area is 170 Å². The Bertz CT molecular complexity index is 1190. The fraction of sp³-hybridized carbons (Fsp3) is 0.190. The number of furan rings is 2. The molecule has 2 N–H and O–H groups in total. The Hall–Kier alpha value is -3.39. The topological polar surface area (TPSA) is 97.4 Å². The fourth-order valence-corrected chi connectivity index (χ4v) is 3.65. The molecule has 2 amide bonds. The highest BCUT2D eigenvalue weighted by atomic mass is 32.1. The number of hydrogen-bond acceptors (Lipinski definition) is 6. The minimum absolute atomic E-state index is 0.123. The van der Waals surface area contributed by atoms with Gasteiger partial charge in [-0.25, -0.2) is 4.98 Å². The van der Waals surface area contributed by atoms with E-state index in [1.165, 1.54) is 18.3 Å². The van der Waals surface area contributed by atoms with E-state index in [1.807, 2.05) is 30.5 Å². The Morgan fingerprint density at radius 3 is 2.90 bits per heavy atom. The highest BCUT2D eigenvalue weighted by Gasteiger charge is 2.14. The second-order valence-electron chi connectivity index (χ2n) is 6.70. The predicted molar refractivity (Wildman–Crippen MR) is 111 cm³/mol. The zero-order valence-corrected chi connectivity index (χ0v) is 16.8. The zero-order chi connectivity index (χ0) is 20.4. The molecule has 0 radical (unpaired) electrons. The van der Waals surface area contributed by atoms with Crippen molar-refractivity contribution in [1.29, 1.82) is 0 Å². The number of hydrogen-bond donors (Lipinski definition) is 2. The van der Waals surface area contributed by atoms with Gasteiger partial charge in [-0.15, -0.1) is 11.3 Å². The SMILES string of the molecule is CC(=O)NCc1ccc(-c2csc(NC(=O)Cc3coc4cc(C)ccc34)n2)o1. The molecule has 7 nitrogen and oxygen atoms in total. The van der Waals surface area contributed by atoms with E-state index in [2.05, 4.69) is 15.6 Å². The molecule has 1 aromatic carbocycles. The van der Waals surface area contributed by atoms with Gasteiger partial charge in [-0.1, -0.05) is 12.1 Å². The molecule has 29 heavy (non-hydrogen) atoms. The van der Waals surface area contributed by atoms with Crippen molar-refractivity contribution in [3.63, 3.8) is 0 Å². The summed E-state index contributed by atoms with van der Waals surface area (Å²) >= 11 is 1.32. The van der Waals surface area contributed by atoms with Crippen LogP contribution < -0.4 is 10.6 Å². The van der Waals surface area contributed by atoms with Crippen LogP contribution in [0.4, 0.5) is 5.13 Å². The zero-order valence-electron chi connectivity index (χ0n) is 15.9. The Kier molecular flexibility index (Phi) is 5.18. The van der Waals surface area contributed by atoms with Crippen molar-refractivity contribution in [2.45, 2.75) is 26.8 Å². The summed E-state index contributed by atoms with van der Waals surface area (Å²) in [6.07, 6.45) is 1.82. The molecule has 0 aliphatic carbocycles. The first-order chi connectivity index (χ1) is 14.0. The van der Waals surface area contributed by atoms with Gasteiger partial charge in [-0.3, -0.25) is 9.59 Å². The van der Waals surface area contributed by atoms with Crippen LogP contribution in [-0.4, -0.2) is 16.8 Å². The van der Waals surface area contributed by atoms with Crippen LogP contribution in [0, 0.1) is 6.92 Å². The van der Waals surface area contributed by atoms with Crippen LogP contribution in [-0.2, 0) is 22.6 Å². The molecule has 8 heteroatoms. The Balaban J connectivity index is 1.41. The third-order valence-corrected chi connectivity index (χ3v) is 5.10. The lowest BCUT2D eigenvalue weighted by Crippen LogP contribution is -2.18. The summed E-state index contributed by atoms with van der Waals surface area (Å²) in [6.45, 7) is 3.77. The van der Waals surface area contributed by atoms with Crippen LogP contribution >= 0.6 is 11.3 Å². The number of aryl methyl sites for hydroxylation is 1. The number of benzene rings is 1. The van der Waals surface area contributed by atoms with Gasteiger partial charge in [0.15, 0.2) is 10.9 Å². The number of carbonyl (C=O) groups is 2. The maximum absolute atomic E-state index is 12.4. The molecule has 0 saturated heterocycles. The molecule has 0 aliphatic rings. The van der Waals surface area contributed by atoms with Gasteiger partial charge >= 0.3 is 0 Å². The van der Waals surface area contributed by atoms with Gasteiger partial charge in [0.05, 0.1) is 19.2 Å². The van der Waals surface area contributed by atoms with Crippen LogP contribution in [0.2, 0.25) is 0 Å². The molecule has 4 aromatic rings. The quantitative estimate of drug-likeness (QED) is 0.495. The van der Waals surface area contributed by atoms with E-state index in [1.54, 1.807) is 18.4 Å². The van der Waals surface area contributed by atoms with Crippen molar-refractivity contribution in [2.75, 3.05) is 5.32 Å². The summed E-state index contributed by atoms with van der Waals surface area (Å²) in [4.78, 5) is 27.8. The predicted octanol–water partition coefficient (Wildman–Crippen LogP) is 4.28. The highest BCUT2D eigenvalue weighted by molar-refractivity contribution is 7.14. The summed E-state index contributed by atoms with van der Waals surface area (Å²) in [5.74, 6) is 0.927. The smallest absolute Gasteiger partial charge is 0.230 e. The average molecular weight is 409 g/mol. The minimum atomic E-state index is -0.167. The maximum atomic E-state index is 12.4. The normalized spacial score (nSPS) is 11.0. The van der Waals surface area contributed by atoms with Crippen LogP contribution in [0.3, 0.4) is 0 Å². The number of anilines is 1. The van der Waals surface area contributed by atoms with E-state index in [-0.39, 0.29) is 18.2 Å². The molecular weight excluding hydrogens is 390 g/mol. The van der Waals surface area contributed by atoms with Crippen molar-refractivity contribution in [2.24, 2.45) is 0 Å². The average Bonchev–Trinajstić information content (AvgIpc) is 3.40. The summed E-state index contributed by atoms with van der Waals surface area (Å²) in [7, 11) is 0. The number of aromatic nitrogens is 1. The molecule has 3 heterocycles. The van der Waals surface area contributed by atoms with E-state index in [0.717, 1.165) is 22.1 Å². The van der Waals surface area contributed by atoms with E-state index < -0.39 is 0 Å². The molecule has 0 bridgehead atoms. The number of carbonyl (C=O) groups excluding carboxylic acids is 2. The number of nitrogens with zero attached hydrogens (tertiary/aromatic N) is 1. The van der Waals surface area contributed by atoms with E-state index in [9.17, 15) is 9.59 Å². The third kappa shape index (κ3) is 4.38. The Morgan fingerprint density at radius 2 is 2.07 bits per heavy atom. The van der Waals surface area contributed by atoms with Gasteiger partial charge in [0, 0.05) is 23.3 Å². The largest absolute Gasteiger partial charge is 0.464 e. The van der Waals surface area contributed by atoms with Crippen molar-refractivity contribution in [3.05, 3.63) is 58.9 Å². The number of thiazole rings is 1. The van der Waals surface area contributed by atoms with Crippen molar-refractivity contribution < 1.29 is 18.4 Å². The second-order valence-corrected chi connectivity index (χ2v) is 7.56. The van der Waals surface area contributed by atoms with Crippen molar-refractivity contribution in [3.8, 4) is 11.5 Å². The van der Waals surface area contributed by atoms with Crippen LogP contribution in [0.5, 0.6) is 0 Å². The monoisotopic (exact) mass is 409 g/mol. The maximum Gasteiger partial charge on any atom is 0.230 e. The van der Waals surface area contributed by atoms with Gasteiger partial charge < -0.3 is 19.5 Å². The molecule has 0 fully saturated rings.